The Hall–Kier alpha value is -2.54. The molecule has 0 fully saturated rings. The first-order chi connectivity index (χ1) is 13.1. The number of nitrogens with one attached hydrogen (secondary N) is 1. The first kappa shape index (κ1) is 21.8. The van der Waals surface area contributed by atoms with Crippen LogP contribution in [0.2, 0.25) is 0 Å². The Balaban J connectivity index is 2.97. The van der Waals surface area contributed by atoms with Crippen molar-refractivity contribution in [2.75, 3.05) is 0 Å². The summed E-state index contributed by atoms with van der Waals surface area (Å²) in [6.45, 7) is 12.9. The fourth-order valence-electron chi connectivity index (χ4n) is 2.82. The third kappa shape index (κ3) is 4.30. The lowest BCUT2D eigenvalue weighted by Gasteiger charge is -2.15. The second kappa shape index (κ2) is 8.65. The van der Waals surface area contributed by atoms with Crippen LogP contribution in [0.3, 0.4) is 0 Å². The maximum Gasteiger partial charge on any atom is 0.206 e. The molecule has 0 amide bonds. The van der Waals surface area contributed by atoms with Gasteiger partial charge in [0, 0.05) is 5.71 Å². The van der Waals surface area contributed by atoms with Crippen LogP contribution < -0.4 is 5.73 Å². The number of aryl methyl sites for hydroxylation is 2. The van der Waals surface area contributed by atoms with E-state index in [2.05, 4.69) is 16.9 Å². The highest BCUT2D eigenvalue weighted by Crippen LogP contribution is 2.39. The number of benzene rings is 1. The van der Waals surface area contributed by atoms with E-state index in [4.69, 9.17) is 21.1 Å². The zero-order chi connectivity index (χ0) is 21.2. The molecule has 0 spiro atoms. The highest BCUT2D eigenvalue weighted by Gasteiger charge is 2.19. The van der Waals surface area contributed by atoms with E-state index < -0.39 is 12.0 Å². The molecular weight excluding hydrogens is 355 g/mol. The number of aliphatic imine (C=N–C) groups is 2. The minimum atomic E-state index is -0.802. The molecule has 1 unspecified atom stereocenters. The van der Waals surface area contributed by atoms with Crippen LogP contribution in [-0.4, -0.2) is 33.4 Å². The van der Waals surface area contributed by atoms with Crippen molar-refractivity contribution in [3.05, 3.63) is 22.5 Å². The lowest BCUT2D eigenvalue weighted by atomic mass is 10.0. The van der Waals surface area contributed by atoms with Gasteiger partial charge < -0.3 is 11.1 Å². The standard InChI is InChI=1S/C21H29FN6/c1-8-9-16(12(4)23)27-17-10(2)11(3)18(28-21(22)13(5)24)20-19(17)25-14(6)15(7)26-20/h13,23H,8-9,24H2,1-7H3. The van der Waals surface area contributed by atoms with E-state index in [9.17, 15) is 4.39 Å². The molecule has 2 rings (SSSR count). The first-order valence-electron chi connectivity index (χ1n) is 9.49. The normalized spacial score (nSPS) is 13.9. The average molecular weight is 385 g/mol. The monoisotopic (exact) mass is 384 g/mol. The van der Waals surface area contributed by atoms with E-state index in [-0.39, 0.29) is 0 Å². The Labute approximate surface area is 165 Å². The van der Waals surface area contributed by atoms with Crippen LogP contribution in [0.1, 0.15) is 56.1 Å². The van der Waals surface area contributed by atoms with E-state index in [0.717, 1.165) is 28.9 Å². The van der Waals surface area contributed by atoms with Gasteiger partial charge in [0.1, 0.15) is 11.0 Å². The molecule has 2 aromatic rings. The van der Waals surface area contributed by atoms with E-state index in [1.807, 2.05) is 27.7 Å². The number of fused-ring (bicyclic) bond motifs is 1. The topological polar surface area (TPSA) is 100 Å². The number of rotatable bonds is 6. The molecule has 1 aromatic heterocycles. The molecule has 0 aliphatic rings. The van der Waals surface area contributed by atoms with Gasteiger partial charge in [-0.1, -0.05) is 13.3 Å². The number of halogens is 1. The summed E-state index contributed by atoms with van der Waals surface area (Å²) in [6.07, 6.45) is 1.59. The molecule has 3 N–H and O–H groups in total. The Kier molecular flexibility index (Phi) is 6.72. The Morgan fingerprint density at radius 1 is 1.04 bits per heavy atom. The van der Waals surface area contributed by atoms with Gasteiger partial charge in [-0.2, -0.15) is 4.39 Å². The van der Waals surface area contributed by atoms with Crippen LogP contribution in [0.5, 0.6) is 0 Å². The van der Waals surface area contributed by atoms with Crippen LogP contribution in [0.4, 0.5) is 15.8 Å². The second-order valence-electron chi connectivity index (χ2n) is 7.20. The molecule has 1 atom stereocenters. The van der Waals surface area contributed by atoms with E-state index >= 15 is 0 Å². The molecule has 7 heteroatoms. The molecule has 0 aliphatic heterocycles. The Bertz CT molecular complexity index is 989. The molecule has 0 bridgehead atoms. The molecule has 28 heavy (non-hydrogen) atoms. The largest absolute Gasteiger partial charge is 0.321 e. The summed E-state index contributed by atoms with van der Waals surface area (Å²) in [6, 6.07) is -0.802. The highest BCUT2D eigenvalue weighted by atomic mass is 19.1. The fourth-order valence-corrected chi connectivity index (χ4v) is 2.82. The summed E-state index contributed by atoms with van der Waals surface area (Å²) in [5.74, 6) is -0.651. The van der Waals surface area contributed by atoms with E-state index in [1.165, 1.54) is 0 Å². The SMILES string of the molecule is CCCC(=Nc1c(C)c(C)c(N=C(F)C(C)N)c2nc(C)c(C)nc12)C(C)=N. The molecule has 0 aliphatic carbocycles. The minimum absolute atomic E-state index is 0.425. The average Bonchev–Trinajstić information content (AvgIpc) is 2.62. The van der Waals surface area contributed by atoms with Crippen LogP contribution in [0.25, 0.3) is 11.0 Å². The van der Waals surface area contributed by atoms with Gasteiger partial charge in [-0.25, -0.2) is 20.0 Å². The van der Waals surface area contributed by atoms with Crippen molar-refractivity contribution in [1.29, 1.82) is 5.41 Å². The van der Waals surface area contributed by atoms with Crippen LogP contribution in [0, 0.1) is 33.1 Å². The third-order valence-corrected chi connectivity index (χ3v) is 4.79. The lowest BCUT2D eigenvalue weighted by molar-refractivity contribution is 0.729. The predicted octanol–water partition coefficient (Wildman–Crippen LogP) is 5.12. The molecule has 0 saturated heterocycles. The van der Waals surface area contributed by atoms with Crippen molar-refractivity contribution in [2.45, 2.75) is 67.3 Å². The van der Waals surface area contributed by atoms with Crippen LogP contribution >= 0.6 is 0 Å². The number of hydrogen-bond acceptors (Lipinski definition) is 6. The summed E-state index contributed by atoms with van der Waals surface area (Å²) in [4.78, 5) is 18.3. The van der Waals surface area contributed by atoms with Gasteiger partial charge in [0.05, 0.1) is 34.5 Å². The molecule has 1 heterocycles. The van der Waals surface area contributed by atoms with Gasteiger partial charge in [0.2, 0.25) is 5.97 Å². The maximum atomic E-state index is 14.3. The van der Waals surface area contributed by atoms with Gasteiger partial charge in [0.15, 0.2) is 0 Å². The van der Waals surface area contributed by atoms with Gasteiger partial charge in [-0.3, -0.25) is 0 Å². The summed E-state index contributed by atoms with van der Waals surface area (Å²) in [7, 11) is 0. The molecule has 0 radical (unpaired) electrons. The smallest absolute Gasteiger partial charge is 0.206 e. The second-order valence-corrected chi connectivity index (χ2v) is 7.20. The number of nitrogens with zero attached hydrogens (tertiary/aromatic N) is 4. The van der Waals surface area contributed by atoms with Crippen molar-refractivity contribution in [2.24, 2.45) is 15.7 Å². The number of aromatic nitrogens is 2. The van der Waals surface area contributed by atoms with Gasteiger partial charge in [0.25, 0.3) is 0 Å². The Morgan fingerprint density at radius 3 is 1.89 bits per heavy atom. The lowest BCUT2D eigenvalue weighted by Crippen LogP contribution is -2.22. The van der Waals surface area contributed by atoms with Gasteiger partial charge in [-0.05, 0) is 59.1 Å². The molecule has 0 saturated carbocycles. The molecule has 6 nitrogen and oxygen atoms in total. The van der Waals surface area contributed by atoms with Crippen molar-refractivity contribution in [3.8, 4) is 0 Å². The minimum Gasteiger partial charge on any atom is -0.321 e. The van der Waals surface area contributed by atoms with Crippen LogP contribution in [0.15, 0.2) is 9.98 Å². The Morgan fingerprint density at radius 2 is 1.50 bits per heavy atom. The molecule has 150 valence electrons. The predicted molar refractivity (Wildman–Crippen MR) is 116 cm³/mol. The number of nitrogens with two attached hydrogens (primary N) is 1. The van der Waals surface area contributed by atoms with Crippen LogP contribution in [-0.2, 0) is 0 Å². The first-order valence-corrected chi connectivity index (χ1v) is 9.49. The fraction of sp³-hybridized carbons (Fsp3) is 0.476. The zero-order valence-electron chi connectivity index (χ0n) is 17.7. The van der Waals surface area contributed by atoms with Crippen molar-refractivity contribution in [3.63, 3.8) is 0 Å². The maximum absolute atomic E-state index is 14.3. The summed E-state index contributed by atoms with van der Waals surface area (Å²) < 4.78 is 14.3. The summed E-state index contributed by atoms with van der Waals surface area (Å²) >= 11 is 0. The summed E-state index contributed by atoms with van der Waals surface area (Å²) in [5, 5.41) is 8.04. The highest BCUT2D eigenvalue weighted by molar-refractivity contribution is 6.41. The van der Waals surface area contributed by atoms with Crippen molar-refractivity contribution < 1.29 is 4.39 Å². The van der Waals surface area contributed by atoms with E-state index in [0.29, 0.717) is 40.3 Å². The zero-order valence-corrected chi connectivity index (χ0v) is 17.7. The molecule has 1 aromatic carbocycles. The number of hydrogen-bond donors (Lipinski definition) is 2. The van der Waals surface area contributed by atoms with E-state index in [1.54, 1.807) is 13.8 Å². The van der Waals surface area contributed by atoms with Crippen molar-refractivity contribution in [1.82, 2.24) is 9.97 Å². The van der Waals surface area contributed by atoms with Crippen molar-refractivity contribution >= 4 is 39.8 Å². The molecular formula is C21H29FN6. The van der Waals surface area contributed by atoms with Gasteiger partial charge in [-0.15, -0.1) is 0 Å². The van der Waals surface area contributed by atoms with Gasteiger partial charge >= 0.3 is 0 Å². The quantitative estimate of drug-likeness (QED) is 0.676. The third-order valence-electron chi connectivity index (χ3n) is 4.79. The summed E-state index contributed by atoms with van der Waals surface area (Å²) in [5.41, 5.74) is 12.1.